The first-order valence-electron chi connectivity index (χ1n) is 10.5. The highest BCUT2D eigenvalue weighted by Crippen LogP contribution is 2.33. The summed E-state index contributed by atoms with van der Waals surface area (Å²) in [5, 5.41) is 6.13. The third-order valence-corrected chi connectivity index (χ3v) is 6.16. The zero-order valence-electron chi connectivity index (χ0n) is 17.5. The molecule has 4 rings (SSSR count). The summed E-state index contributed by atoms with van der Waals surface area (Å²) < 4.78 is 39.5. The van der Waals surface area contributed by atoms with Crippen LogP contribution in [0.2, 0.25) is 0 Å². The maximum Gasteiger partial charge on any atom is 0.416 e. The number of aromatic nitrogens is 2. The van der Waals surface area contributed by atoms with Crippen molar-refractivity contribution in [1.29, 1.82) is 0 Å². The second-order valence-electron chi connectivity index (χ2n) is 8.42. The fourth-order valence-corrected chi connectivity index (χ4v) is 4.65. The van der Waals surface area contributed by atoms with Gasteiger partial charge < -0.3 is 21.3 Å². The first kappa shape index (κ1) is 22.3. The molecule has 1 saturated carbocycles. The van der Waals surface area contributed by atoms with Gasteiger partial charge in [0.25, 0.3) is 0 Å². The second kappa shape index (κ2) is 8.53. The molecule has 11 heteroatoms. The second-order valence-corrected chi connectivity index (χ2v) is 8.42. The number of benzene rings is 1. The summed E-state index contributed by atoms with van der Waals surface area (Å²) in [6, 6.07) is 2.19. The molecule has 4 N–H and O–H groups in total. The fraction of sp³-hybridized carbons (Fsp3) is 0.524. The predicted octanol–water partition coefficient (Wildman–Crippen LogP) is 2.05. The quantitative estimate of drug-likeness (QED) is 0.657. The number of anilines is 1. The summed E-state index contributed by atoms with van der Waals surface area (Å²) in [6.45, 7) is 1.91. The number of alkyl halides is 3. The van der Waals surface area contributed by atoms with E-state index in [-0.39, 0.29) is 41.1 Å². The van der Waals surface area contributed by atoms with Gasteiger partial charge >= 0.3 is 6.18 Å². The van der Waals surface area contributed by atoms with Gasteiger partial charge in [-0.25, -0.2) is 9.97 Å². The average molecular weight is 450 g/mol. The highest BCUT2D eigenvalue weighted by Gasteiger charge is 2.41. The van der Waals surface area contributed by atoms with Crippen LogP contribution < -0.4 is 16.4 Å². The van der Waals surface area contributed by atoms with Crippen molar-refractivity contribution < 1.29 is 22.8 Å². The van der Waals surface area contributed by atoms with Crippen LogP contribution in [0.25, 0.3) is 10.9 Å². The lowest BCUT2D eigenvalue weighted by atomic mass is 9.86. The van der Waals surface area contributed by atoms with Crippen LogP contribution in [0.15, 0.2) is 24.5 Å². The van der Waals surface area contributed by atoms with Crippen molar-refractivity contribution in [1.82, 2.24) is 20.2 Å². The monoisotopic (exact) mass is 450 g/mol. The number of hydrogen-bond donors (Lipinski definition) is 3. The lowest BCUT2D eigenvalue weighted by molar-refractivity contribution is -0.137. The lowest BCUT2D eigenvalue weighted by Gasteiger charge is -2.40. The Morgan fingerprint density at radius 2 is 2.00 bits per heavy atom. The van der Waals surface area contributed by atoms with Crippen LogP contribution >= 0.6 is 0 Å². The van der Waals surface area contributed by atoms with Gasteiger partial charge in [0.1, 0.15) is 18.2 Å². The number of nitrogens with two attached hydrogens (primary N) is 1. The Labute approximate surface area is 182 Å². The third kappa shape index (κ3) is 4.47. The van der Waals surface area contributed by atoms with Gasteiger partial charge in [0, 0.05) is 24.9 Å². The Bertz CT molecular complexity index is 1030. The van der Waals surface area contributed by atoms with E-state index >= 15 is 0 Å². The summed E-state index contributed by atoms with van der Waals surface area (Å²) in [5.41, 5.74) is 5.61. The van der Waals surface area contributed by atoms with Crippen LogP contribution in [0.3, 0.4) is 0 Å². The number of nitrogens with zero attached hydrogens (tertiary/aromatic N) is 3. The van der Waals surface area contributed by atoms with Crippen molar-refractivity contribution >= 4 is 28.5 Å². The first-order chi connectivity index (χ1) is 15.1. The standard InChI is InChI=1S/C21H25F3N6O2/c1-11(31)28-17-9-13(25)3-5-18(17)30-7-6-16(20(30)32)29-19-14-8-12(21(22,23)24)2-4-15(14)26-10-27-19/h2,4,8,10,13,16-18H,3,5-7,9,25H2,1H3,(H,28,31)(H,26,27,29)/t13-,16+,17-,18+/m1/s1. The normalized spacial score (nSPS) is 26.4. The zero-order chi connectivity index (χ0) is 23.0. The van der Waals surface area contributed by atoms with Gasteiger partial charge in [-0.15, -0.1) is 0 Å². The molecule has 0 radical (unpaired) electrons. The van der Waals surface area contributed by atoms with E-state index in [1.54, 1.807) is 4.90 Å². The Morgan fingerprint density at radius 1 is 1.22 bits per heavy atom. The molecule has 2 amide bonds. The van der Waals surface area contributed by atoms with E-state index in [1.165, 1.54) is 19.3 Å². The molecule has 0 bridgehead atoms. The summed E-state index contributed by atoms with van der Waals surface area (Å²) in [7, 11) is 0. The summed E-state index contributed by atoms with van der Waals surface area (Å²) in [4.78, 5) is 34.7. The largest absolute Gasteiger partial charge is 0.416 e. The molecule has 0 unspecified atom stereocenters. The number of carbonyl (C=O) groups is 2. The Hall–Kier alpha value is -2.95. The molecular formula is C21H25F3N6O2. The minimum Gasteiger partial charge on any atom is -0.358 e. The van der Waals surface area contributed by atoms with Crippen LogP contribution in [0.1, 0.15) is 38.2 Å². The average Bonchev–Trinajstić information content (AvgIpc) is 3.07. The Morgan fingerprint density at radius 3 is 2.72 bits per heavy atom. The number of nitrogens with one attached hydrogen (secondary N) is 2. The first-order valence-corrected chi connectivity index (χ1v) is 10.5. The van der Waals surface area contributed by atoms with Crippen LogP contribution in [-0.2, 0) is 15.8 Å². The summed E-state index contributed by atoms with van der Waals surface area (Å²) in [5.74, 6) is -0.159. The number of fused-ring (bicyclic) bond motifs is 1. The number of amides is 2. The van der Waals surface area contributed by atoms with Crippen molar-refractivity contribution in [2.75, 3.05) is 11.9 Å². The van der Waals surface area contributed by atoms with Gasteiger partial charge in [-0.1, -0.05) is 0 Å². The molecule has 2 fully saturated rings. The number of hydrogen-bond acceptors (Lipinski definition) is 6. The van der Waals surface area contributed by atoms with Crippen molar-refractivity contribution in [2.24, 2.45) is 5.73 Å². The van der Waals surface area contributed by atoms with E-state index in [2.05, 4.69) is 20.6 Å². The number of halogens is 3. The van der Waals surface area contributed by atoms with Crippen molar-refractivity contribution in [2.45, 2.75) is 63.0 Å². The van der Waals surface area contributed by atoms with E-state index in [9.17, 15) is 22.8 Å². The third-order valence-electron chi connectivity index (χ3n) is 6.16. The van der Waals surface area contributed by atoms with Gasteiger partial charge in [0.15, 0.2) is 0 Å². The molecule has 1 aliphatic carbocycles. The SMILES string of the molecule is CC(=O)N[C@@H]1C[C@H](N)CC[C@@H]1N1CC[C@H](Nc2ncnc3ccc(C(F)(F)F)cc23)C1=O. The van der Waals surface area contributed by atoms with Crippen LogP contribution in [-0.4, -0.2) is 57.4 Å². The zero-order valence-corrected chi connectivity index (χ0v) is 17.5. The molecule has 1 saturated heterocycles. The Balaban J connectivity index is 1.55. The van der Waals surface area contributed by atoms with Gasteiger partial charge in [-0.2, -0.15) is 13.2 Å². The Kier molecular flexibility index (Phi) is 5.93. The van der Waals surface area contributed by atoms with Gasteiger partial charge in [0.2, 0.25) is 11.8 Å². The molecule has 0 spiro atoms. The van der Waals surface area contributed by atoms with Crippen molar-refractivity contribution in [3.8, 4) is 0 Å². The molecule has 2 aliphatic rings. The minimum atomic E-state index is -4.50. The molecule has 1 aromatic carbocycles. The van der Waals surface area contributed by atoms with Crippen molar-refractivity contribution in [3.63, 3.8) is 0 Å². The molecule has 32 heavy (non-hydrogen) atoms. The van der Waals surface area contributed by atoms with Gasteiger partial charge in [0.05, 0.1) is 23.2 Å². The lowest BCUT2D eigenvalue weighted by Crippen LogP contribution is -2.57. The fourth-order valence-electron chi connectivity index (χ4n) is 4.65. The van der Waals surface area contributed by atoms with Crippen molar-refractivity contribution in [3.05, 3.63) is 30.1 Å². The molecule has 4 atom stereocenters. The smallest absolute Gasteiger partial charge is 0.358 e. The van der Waals surface area contributed by atoms with Crippen LogP contribution in [0, 0.1) is 0 Å². The molecule has 172 valence electrons. The summed E-state index contributed by atoms with van der Waals surface area (Å²) >= 11 is 0. The van der Waals surface area contributed by atoms with Gasteiger partial charge in [-0.3, -0.25) is 9.59 Å². The summed E-state index contributed by atoms with van der Waals surface area (Å²) in [6.07, 6.45) is -0.761. The van der Waals surface area contributed by atoms with Gasteiger partial charge in [-0.05, 0) is 43.9 Å². The highest BCUT2D eigenvalue weighted by atomic mass is 19.4. The minimum absolute atomic E-state index is 0.0371. The predicted molar refractivity (Wildman–Crippen MR) is 111 cm³/mol. The van der Waals surface area contributed by atoms with E-state index < -0.39 is 17.8 Å². The molecular weight excluding hydrogens is 425 g/mol. The topological polar surface area (TPSA) is 113 Å². The maximum absolute atomic E-state index is 13.2. The van der Waals surface area contributed by atoms with E-state index in [4.69, 9.17) is 5.73 Å². The molecule has 1 aliphatic heterocycles. The van der Waals surface area contributed by atoms with Crippen LogP contribution in [0.5, 0.6) is 0 Å². The van der Waals surface area contributed by atoms with E-state index in [0.717, 1.165) is 18.6 Å². The number of rotatable bonds is 4. The number of carbonyl (C=O) groups excluding carboxylic acids is 2. The van der Waals surface area contributed by atoms with E-state index in [1.807, 2.05) is 0 Å². The molecule has 2 heterocycles. The molecule has 1 aromatic heterocycles. The maximum atomic E-state index is 13.2. The highest BCUT2D eigenvalue weighted by molar-refractivity contribution is 5.93. The molecule has 2 aromatic rings. The number of likely N-dealkylation sites (tertiary alicyclic amines) is 1. The van der Waals surface area contributed by atoms with E-state index in [0.29, 0.717) is 31.3 Å². The van der Waals surface area contributed by atoms with Crippen LogP contribution in [0.4, 0.5) is 19.0 Å². The molecule has 8 nitrogen and oxygen atoms in total.